The summed E-state index contributed by atoms with van der Waals surface area (Å²) in [5.41, 5.74) is 0.955. The van der Waals surface area contributed by atoms with Gasteiger partial charge in [0, 0.05) is 46.9 Å². The number of ether oxygens (including phenoxy) is 2. The fourth-order valence-corrected chi connectivity index (χ4v) is 7.52. The molecule has 1 aliphatic rings. The summed E-state index contributed by atoms with van der Waals surface area (Å²) in [6.45, 7) is 16.4. The average Bonchev–Trinajstić information content (AvgIpc) is 3.57. The Labute approximate surface area is 302 Å². The topological polar surface area (TPSA) is 132 Å². The van der Waals surface area contributed by atoms with Crippen molar-refractivity contribution in [2.75, 3.05) is 47.9 Å². The number of hydrogen-bond donors (Lipinski definition) is 4. The highest BCUT2D eigenvalue weighted by molar-refractivity contribution is 5.83. The van der Waals surface area contributed by atoms with Gasteiger partial charge in [-0.15, -0.1) is 0 Å². The van der Waals surface area contributed by atoms with Gasteiger partial charge in [0.05, 0.1) is 36.8 Å². The largest absolute Gasteiger partial charge is 0.480 e. The lowest BCUT2D eigenvalue weighted by Gasteiger charge is -2.41. The molecule has 0 aliphatic carbocycles. The van der Waals surface area contributed by atoms with Crippen molar-refractivity contribution in [3.8, 4) is 0 Å². The highest BCUT2D eigenvalue weighted by Gasteiger charge is 2.41. The predicted octanol–water partition coefficient (Wildman–Crippen LogP) is 4.05. The number of carboxylic acids is 1. The molecule has 1 aliphatic heterocycles. The number of benzene rings is 1. The molecule has 4 N–H and O–H groups in total. The van der Waals surface area contributed by atoms with Gasteiger partial charge in [0.2, 0.25) is 11.8 Å². The third-order valence-corrected chi connectivity index (χ3v) is 10.8. The molecule has 1 fully saturated rings. The maximum atomic E-state index is 14.1. The minimum absolute atomic E-state index is 0.00478. The van der Waals surface area contributed by atoms with Gasteiger partial charge in [-0.3, -0.25) is 14.4 Å². The third kappa shape index (κ3) is 12.3. The molecule has 1 aromatic rings. The van der Waals surface area contributed by atoms with Gasteiger partial charge < -0.3 is 40.3 Å². The van der Waals surface area contributed by atoms with Gasteiger partial charge in [-0.05, 0) is 55.5 Å². The molecule has 11 heteroatoms. The van der Waals surface area contributed by atoms with Crippen LogP contribution in [-0.4, -0.2) is 123 Å². The molecule has 11 nitrogen and oxygen atoms in total. The van der Waals surface area contributed by atoms with Gasteiger partial charge in [-0.1, -0.05) is 85.2 Å². The van der Waals surface area contributed by atoms with Crippen LogP contribution < -0.4 is 16.0 Å². The molecule has 0 bridgehead atoms. The van der Waals surface area contributed by atoms with Gasteiger partial charge in [0.25, 0.3) is 0 Å². The molecule has 286 valence electrons. The zero-order valence-electron chi connectivity index (χ0n) is 32.8. The van der Waals surface area contributed by atoms with Gasteiger partial charge >= 0.3 is 5.97 Å². The van der Waals surface area contributed by atoms with Crippen LogP contribution in [0.25, 0.3) is 0 Å². The highest BCUT2D eigenvalue weighted by Crippen LogP contribution is 2.29. The predicted molar refractivity (Wildman–Crippen MR) is 200 cm³/mol. The van der Waals surface area contributed by atoms with Crippen molar-refractivity contribution in [1.82, 2.24) is 25.8 Å². The normalized spacial score (nSPS) is 19.9. The van der Waals surface area contributed by atoms with Crippen molar-refractivity contribution < 1.29 is 29.0 Å². The molecular weight excluding hydrogens is 634 g/mol. The number of carbonyl (C=O) groups is 3. The van der Waals surface area contributed by atoms with E-state index in [1.165, 1.54) is 0 Å². The number of rotatable bonds is 23. The maximum Gasteiger partial charge on any atom is 0.321 e. The van der Waals surface area contributed by atoms with Gasteiger partial charge in [0.15, 0.2) is 0 Å². The van der Waals surface area contributed by atoms with E-state index in [2.05, 4.69) is 57.5 Å². The lowest BCUT2D eigenvalue weighted by molar-refractivity contribution is -0.146. The zero-order valence-corrected chi connectivity index (χ0v) is 32.8. The molecule has 0 aromatic heterocycles. The van der Waals surface area contributed by atoms with Crippen LogP contribution in [0, 0.1) is 23.7 Å². The highest BCUT2D eigenvalue weighted by atomic mass is 16.5. The molecule has 1 aromatic carbocycles. The summed E-state index contributed by atoms with van der Waals surface area (Å²) in [7, 11) is 7.09. The SMILES string of the molecule is CC[C@H](C)[C@@H]([C@@H](CC(=O)N1CCC[C@H]1[C@H](OC)[C@@H](C)CN[C@@H](Cc1ccccc1)C(=O)O)OC)N(C)C(=O)[C@@H](NC[C@@H](NC)C(C)C)C(C)C. The molecule has 0 unspecified atom stereocenters. The summed E-state index contributed by atoms with van der Waals surface area (Å²) < 4.78 is 12.1. The maximum absolute atomic E-state index is 14.1. The minimum Gasteiger partial charge on any atom is -0.480 e. The Bertz CT molecular complexity index is 1150. The Morgan fingerprint density at radius 2 is 1.62 bits per heavy atom. The summed E-state index contributed by atoms with van der Waals surface area (Å²) in [5, 5.41) is 20.0. The fraction of sp³-hybridized carbons (Fsp3) is 0.769. The van der Waals surface area contributed by atoms with E-state index in [0.29, 0.717) is 32.0 Å². The van der Waals surface area contributed by atoms with Gasteiger partial charge in [0.1, 0.15) is 6.04 Å². The van der Waals surface area contributed by atoms with Crippen LogP contribution in [0.5, 0.6) is 0 Å². The fourth-order valence-electron chi connectivity index (χ4n) is 7.52. The average molecular weight is 704 g/mol. The minimum atomic E-state index is -0.897. The summed E-state index contributed by atoms with van der Waals surface area (Å²) in [4.78, 5) is 44.1. The Morgan fingerprint density at radius 1 is 0.960 bits per heavy atom. The van der Waals surface area contributed by atoms with Crippen molar-refractivity contribution in [3.63, 3.8) is 0 Å². The Kier molecular flexibility index (Phi) is 18.9. The quantitative estimate of drug-likeness (QED) is 0.133. The Hall–Kier alpha value is -2.57. The Morgan fingerprint density at radius 3 is 2.14 bits per heavy atom. The second-order valence-corrected chi connectivity index (χ2v) is 15.0. The van der Waals surface area contributed by atoms with Crippen molar-refractivity contribution in [2.45, 2.75) is 123 Å². The number of hydrogen-bond acceptors (Lipinski definition) is 8. The molecule has 0 saturated carbocycles. The van der Waals surface area contributed by atoms with Gasteiger partial charge in [-0.2, -0.15) is 0 Å². The van der Waals surface area contributed by atoms with Crippen LogP contribution in [-0.2, 0) is 30.3 Å². The van der Waals surface area contributed by atoms with E-state index in [9.17, 15) is 19.5 Å². The second-order valence-electron chi connectivity index (χ2n) is 15.0. The molecule has 0 radical (unpaired) electrons. The monoisotopic (exact) mass is 704 g/mol. The summed E-state index contributed by atoms with van der Waals surface area (Å²) in [6.07, 6.45) is 2.25. The number of aliphatic carboxylic acids is 1. The summed E-state index contributed by atoms with van der Waals surface area (Å²) in [5.74, 6) is -0.374. The number of nitrogens with zero attached hydrogens (tertiary/aromatic N) is 2. The number of carboxylic acid groups (broad SMARTS) is 1. The van der Waals surface area contributed by atoms with Crippen LogP contribution in [0.3, 0.4) is 0 Å². The second kappa shape index (κ2) is 21.7. The lowest BCUT2D eigenvalue weighted by atomic mass is 9.89. The number of carbonyl (C=O) groups excluding carboxylic acids is 2. The van der Waals surface area contributed by atoms with E-state index < -0.39 is 18.1 Å². The van der Waals surface area contributed by atoms with Crippen molar-refractivity contribution >= 4 is 17.8 Å². The van der Waals surface area contributed by atoms with E-state index in [1.807, 2.05) is 61.2 Å². The van der Waals surface area contributed by atoms with Gasteiger partial charge in [-0.25, -0.2) is 0 Å². The van der Waals surface area contributed by atoms with Crippen molar-refractivity contribution in [2.24, 2.45) is 23.7 Å². The molecule has 50 heavy (non-hydrogen) atoms. The van der Waals surface area contributed by atoms with Crippen LogP contribution in [0.2, 0.25) is 0 Å². The molecule has 2 amide bonds. The number of likely N-dealkylation sites (tertiary alicyclic amines) is 1. The van der Waals surface area contributed by atoms with E-state index in [1.54, 1.807) is 14.2 Å². The van der Waals surface area contributed by atoms with E-state index in [-0.39, 0.29) is 66.3 Å². The van der Waals surface area contributed by atoms with Crippen LogP contribution >= 0.6 is 0 Å². The first-order valence-corrected chi connectivity index (χ1v) is 18.7. The van der Waals surface area contributed by atoms with Crippen molar-refractivity contribution in [3.05, 3.63) is 35.9 Å². The molecule has 1 heterocycles. The van der Waals surface area contributed by atoms with E-state index in [4.69, 9.17) is 9.47 Å². The number of likely N-dealkylation sites (N-methyl/N-ethyl adjacent to an activating group) is 2. The molecular formula is C39H69N5O6. The Balaban J connectivity index is 2.19. The van der Waals surface area contributed by atoms with Crippen LogP contribution in [0.15, 0.2) is 30.3 Å². The number of methoxy groups -OCH3 is 2. The summed E-state index contributed by atoms with van der Waals surface area (Å²) >= 11 is 0. The first-order valence-electron chi connectivity index (χ1n) is 18.7. The molecule has 2 rings (SSSR count). The third-order valence-electron chi connectivity index (χ3n) is 10.8. The number of amides is 2. The van der Waals surface area contributed by atoms with E-state index in [0.717, 1.165) is 24.8 Å². The van der Waals surface area contributed by atoms with E-state index >= 15 is 0 Å². The van der Waals surface area contributed by atoms with Crippen LogP contribution in [0.4, 0.5) is 0 Å². The number of nitrogens with one attached hydrogen (secondary N) is 3. The molecule has 9 atom stereocenters. The lowest BCUT2D eigenvalue weighted by Crippen LogP contribution is -2.58. The standard InChI is InChI=1S/C39H69N5O6/c1-12-27(6)36(43(9)38(46)35(26(4)5)42-24-31(40-8)25(2)3)33(49-10)22-34(45)44-20-16-19-32(44)37(50-11)28(7)23-41-30(39(47)48)21-29-17-14-13-15-18-29/h13-15,17-18,25-28,30-33,35-37,40-42H,12,16,19-24H2,1-11H3,(H,47,48)/t27-,28-,30-,31+,32-,33+,35-,36-,37+/m0/s1. The molecule has 1 saturated heterocycles. The summed E-state index contributed by atoms with van der Waals surface area (Å²) in [6, 6.07) is 8.29. The first kappa shape index (κ1) is 43.6. The smallest absolute Gasteiger partial charge is 0.321 e. The zero-order chi connectivity index (χ0) is 37.5. The molecule has 0 spiro atoms. The first-order chi connectivity index (χ1) is 23.7. The van der Waals surface area contributed by atoms with Crippen LogP contribution in [0.1, 0.15) is 79.7 Å². The van der Waals surface area contributed by atoms with Crippen molar-refractivity contribution in [1.29, 1.82) is 0 Å².